The molecule has 2 heteroatoms. The van der Waals surface area contributed by atoms with Gasteiger partial charge in [0.25, 0.3) is 0 Å². The highest BCUT2D eigenvalue weighted by molar-refractivity contribution is 6.63. The summed E-state index contributed by atoms with van der Waals surface area (Å²) in [6.07, 6.45) is 0. The fourth-order valence-electron chi connectivity index (χ4n) is 0.573. The van der Waals surface area contributed by atoms with Crippen molar-refractivity contribution in [2.45, 2.75) is 18.6 Å². The largest absolute Gasteiger partial charge is 0.107 e. The zero-order valence-corrected chi connectivity index (χ0v) is 8.43. The second-order valence-electron chi connectivity index (χ2n) is 2.00. The van der Waals surface area contributed by atoms with Crippen molar-refractivity contribution in [3.05, 3.63) is 12.3 Å². The number of rotatable bonds is 3. The van der Waals surface area contributed by atoms with E-state index in [9.17, 15) is 0 Å². The van der Waals surface area contributed by atoms with E-state index in [2.05, 4.69) is 18.8 Å². The van der Waals surface area contributed by atoms with E-state index in [4.69, 9.17) is 0 Å². The summed E-state index contributed by atoms with van der Waals surface area (Å²) in [5.74, 6) is 0. The fourth-order valence-corrected chi connectivity index (χ4v) is 4.45. The molecule has 0 radical (unpaired) electrons. The van der Waals surface area contributed by atoms with Crippen molar-refractivity contribution in [2.24, 2.45) is 0 Å². The first-order valence-electron chi connectivity index (χ1n) is 2.93. The maximum Gasteiger partial charge on any atom is 0.0573 e. The van der Waals surface area contributed by atoms with Crippen LogP contribution < -0.4 is 0 Å². The van der Waals surface area contributed by atoms with Crippen LogP contribution in [-0.4, -0.2) is 19.0 Å². The third kappa shape index (κ3) is 4.02. The Morgan fingerprint density at radius 1 is 1.86 bits per heavy atom. The Morgan fingerprint density at radius 2 is 2.43 bits per heavy atom. The standard InChI is InChI=1S/C5H14Si2/c1-3-7(2)5-4-6/h3,7H,1,4-5H2,2,6H3. The van der Waals surface area contributed by atoms with E-state index in [0.717, 1.165) is 0 Å². The molecule has 0 saturated heterocycles. The summed E-state index contributed by atoms with van der Waals surface area (Å²) in [6.45, 7) is 6.11. The lowest BCUT2D eigenvalue weighted by Gasteiger charge is -1.96. The van der Waals surface area contributed by atoms with Crippen molar-refractivity contribution >= 4 is 19.0 Å². The number of hydrogen-bond acceptors (Lipinski definition) is 0. The molecule has 0 aromatic carbocycles. The van der Waals surface area contributed by atoms with Crippen molar-refractivity contribution in [3.8, 4) is 0 Å². The maximum absolute atomic E-state index is 3.76. The molecule has 0 aromatic rings. The monoisotopic (exact) mass is 130 g/mol. The third-order valence-electron chi connectivity index (χ3n) is 1.15. The molecule has 0 aliphatic carbocycles. The van der Waals surface area contributed by atoms with Crippen LogP contribution in [0.5, 0.6) is 0 Å². The minimum atomic E-state index is -0.383. The van der Waals surface area contributed by atoms with E-state index in [1.807, 2.05) is 0 Å². The lowest BCUT2D eigenvalue weighted by atomic mass is 10.9. The lowest BCUT2D eigenvalue weighted by Crippen LogP contribution is -1.99. The average Bonchev–Trinajstić information content (AvgIpc) is 1.68. The second kappa shape index (κ2) is 4.34. The van der Waals surface area contributed by atoms with Crippen molar-refractivity contribution in [1.29, 1.82) is 0 Å². The minimum Gasteiger partial charge on any atom is -0.107 e. The van der Waals surface area contributed by atoms with Gasteiger partial charge in [0, 0.05) is 10.2 Å². The van der Waals surface area contributed by atoms with E-state index in [1.54, 1.807) is 0 Å². The van der Waals surface area contributed by atoms with Crippen LogP contribution in [0.1, 0.15) is 0 Å². The summed E-state index contributed by atoms with van der Waals surface area (Å²) in [5.41, 5.74) is 2.16. The molecule has 1 unspecified atom stereocenters. The molecule has 0 aromatic heterocycles. The molecule has 0 N–H and O–H groups in total. The smallest absolute Gasteiger partial charge is 0.0573 e. The van der Waals surface area contributed by atoms with Gasteiger partial charge in [-0.3, -0.25) is 0 Å². The molecule has 0 amide bonds. The first-order chi connectivity index (χ1) is 3.31. The summed E-state index contributed by atoms with van der Waals surface area (Å²) in [5, 5.41) is 0. The molecule has 1 atom stereocenters. The first-order valence-corrected chi connectivity index (χ1v) is 6.99. The Labute approximate surface area is 50.7 Å². The Kier molecular flexibility index (Phi) is 4.44. The van der Waals surface area contributed by atoms with Crippen LogP contribution in [0, 0.1) is 0 Å². The summed E-state index contributed by atoms with van der Waals surface area (Å²) >= 11 is 0. The highest BCUT2D eigenvalue weighted by Gasteiger charge is 1.91. The molecule has 7 heavy (non-hydrogen) atoms. The van der Waals surface area contributed by atoms with Gasteiger partial charge < -0.3 is 0 Å². The van der Waals surface area contributed by atoms with Crippen LogP contribution in [0.3, 0.4) is 0 Å². The van der Waals surface area contributed by atoms with Crippen LogP contribution in [-0.2, 0) is 0 Å². The van der Waals surface area contributed by atoms with Crippen LogP contribution in [0.25, 0.3) is 0 Å². The Hall–Kier alpha value is 0.174. The van der Waals surface area contributed by atoms with Crippen molar-refractivity contribution in [1.82, 2.24) is 0 Å². The van der Waals surface area contributed by atoms with Gasteiger partial charge in [-0.25, -0.2) is 0 Å². The summed E-state index contributed by atoms with van der Waals surface area (Å²) < 4.78 is 0. The summed E-state index contributed by atoms with van der Waals surface area (Å²) in [7, 11) is 0.996. The van der Waals surface area contributed by atoms with Gasteiger partial charge in [0.1, 0.15) is 0 Å². The SMILES string of the molecule is C=C[SiH](C)CC[SiH3]. The minimum absolute atomic E-state index is 0.383. The zero-order valence-electron chi connectivity index (χ0n) is 5.28. The molecule has 0 heterocycles. The Bertz CT molecular complexity index is 52.0. The molecular weight excluding hydrogens is 116 g/mol. The normalized spacial score (nSPS) is 13.9. The summed E-state index contributed by atoms with van der Waals surface area (Å²) in [4.78, 5) is 0. The van der Waals surface area contributed by atoms with Gasteiger partial charge in [-0.2, -0.15) is 0 Å². The van der Waals surface area contributed by atoms with Gasteiger partial charge in [0.15, 0.2) is 0 Å². The molecule has 0 aliphatic heterocycles. The highest BCUT2D eigenvalue weighted by Crippen LogP contribution is 1.94. The summed E-state index contributed by atoms with van der Waals surface area (Å²) in [6, 6.07) is 2.95. The molecule has 0 rings (SSSR count). The zero-order chi connectivity index (χ0) is 5.70. The van der Waals surface area contributed by atoms with Crippen LogP contribution in [0.15, 0.2) is 12.3 Å². The Morgan fingerprint density at radius 3 is 2.57 bits per heavy atom. The van der Waals surface area contributed by atoms with Crippen LogP contribution in [0.2, 0.25) is 18.6 Å². The van der Waals surface area contributed by atoms with Gasteiger partial charge in [-0.05, 0) is 0 Å². The number of hydrogen-bond donors (Lipinski definition) is 0. The molecule has 0 saturated carbocycles. The van der Waals surface area contributed by atoms with Gasteiger partial charge in [0.05, 0.1) is 8.80 Å². The molecule has 0 nitrogen and oxygen atoms in total. The molecule has 0 spiro atoms. The van der Waals surface area contributed by atoms with Gasteiger partial charge >= 0.3 is 0 Å². The average molecular weight is 130 g/mol. The van der Waals surface area contributed by atoms with E-state index in [-0.39, 0.29) is 8.80 Å². The van der Waals surface area contributed by atoms with E-state index in [0.29, 0.717) is 0 Å². The Balaban J connectivity index is 2.98. The third-order valence-corrected chi connectivity index (χ3v) is 5.17. The second-order valence-corrected chi connectivity index (χ2v) is 6.00. The van der Waals surface area contributed by atoms with Gasteiger partial charge in [0.2, 0.25) is 0 Å². The van der Waals surface area contributed by atoms with Crippen molar-refractivity contribution in [2.75, 3.05) is 0 Å². The van der Waals surface area contributed by atoms with Gasteiger partial charge in [-0.1, -0.05) is 18.6 Å². The quantitative estimate of drug-likeness (QED) is 0.484. The molecule has 0 fully saturated rings. The van der Waals surface area contributed by atoms with Crippen LogP contribution >= 0.6 is 0 Å². The molecular formula is C5H14Si2. The molecule has 0 bridgehead atoms. The van der Waals surface area contributed by atoms with E-state index < -0.39 is 0 Å². The van der Waals surface area contributed by atoms with E-state index in [1.165, 1.54) is 22.3 Å². The van der Waals surface area contributed by atoms with E-state index >= 15 is 0 Å². The van der Waals surface area contributed by atoms with Crippen molar-refractivity contribution < 1.29 is 0 Å². The topological polar surface area (TPSA) is 0 Å². The van der Waals surface area contributed by atoms with Gasteiger partial charge in [-0.15, -0.1) is 12.3 Å². The predicted molar refractivity (Wildman–Crippen MR) is 42.8 cm³/mol. The van der Waals surface area contributed by atoms with Crippen molar-refractivity contribution in [3.63, 3.8) is 0 Å². The fraction of sp³-hybridized carbons (Fsp3) is 0.600. The maximum atomic E-state index is 3.76. The predicted octanol–water partition coefficient (Wildman–Crippen LogP) is 0.352. The molecule has 0 aliphatic rings. The molecule has 42 valence electrons. The van der Waals surface area contributed by atoms with Crippen LogP contribution in [0.4, 0.5) is 0 Å². The lowest BCUT2D eigenvalue weighted by molar-refractivity contribution is 1.41. The highest BCUT2D eigenvalue weighted by atomic mass is 28.3. The first kappa shape index (κ1) is 7.17.